The molecule has 160 valence electrons. The summed E-state index contributed by atoms with van der Waals surface area (Å²) in [5.41, 5.74) is 1.57. The Balaban J connectivity index is 1.63. The van der Waals surface area contributed by atoms with E-state index < -0.39 is 4.92 Å². The van der Waals surface area contributed by atoms with Gasteiger partial charge in [-0.05, 0) is 18.2 Å². The molecule has 0 amide bonds. The summed E-state index contributed by atoms with van der Waals surface area (Å²) in [5.74, 6) is 1.38. The van der Waals surface area contributed by atoms with Crippen molar-refractivity contribution in [1.29, 1.82) is 0 Å². The third-order valence-corrected chi connectivity index (χ3v) is 5.60. The maximum absolute atomic E-state index is 11.6. The number of aromatic nitrogens is 1. The predicted molar refractivity (Wildman–Crippen MR) is 120 cm³/mol. The number of nitro benzene ring substituents is 1. The Bertz CT molecular complexity index is 1410. The summed E-state index contributed by atoms with van der Waals surface area (Å²) in [7, 11) is 0. The Morgan fingerprint density at radius 3 is 2.81 bits per heavy atom. The molecule has 5 rings (SSSR count). The second-order valence-electron chi connectivity index (χ2n) is 6.76. The van der Waals surface area contributed by atoms with Crippen molar-refractivity contribution in [1.82, 2.24) is 4.68 Å². The van der Waals surface area contributed by atoms with E-state index in [0.29, 0.717) is 34.3 Å². The minimum Gasteiger partial charge on any atom is -0.454 e. The molecule has 10 heteroatoms. The molecule has 1 aliphatic heterocycles. The maximum Gasteiger partial charge on any atom is 0.282 e. The highest BCUT2D eigenvalue weighted by molar-refractivity contribution is 7.07. The van der Waals surface area contributed by atoms with Crippen LogP contribution in [-0.2, 0) is 0 Å². The normalized spacial score (nSPS) is 13.3. The van der Waals surface area contributed by atoms with Crippen molar-refractivity contribution in [3.05, 3.63) is 81.0 Å². The largest absolute Gasteiger partial charge is 0.454 e. The molecule has 0 bridgehead atoms. The second-order valence-corrected chi connectivity index (χ2v) is 7.60. The number of benzene rings is 2. The van der Waals surface area contributed by atoms with E-state index in [1.165, 1.54) is 29.7 Å². The van der Waals surface area contributed by atoms with Crippen molar-refractivity contribution in [3.8, 4) is 23.0 Å². The highest BCUT2D eigenvalue weighted by atomic mass is 32.1. The van der Waals surface area contributed by atoms with E-state index in [4.69, 9.17) is 13.9 Å². The van der Waals surface area contributed by atoms with Gasteiger partial charge in [-0.2, -0.15) is 5.10 Å². The quantitative estimate of drug-likeness (QED) is 0.186. The Kier molecular flexibility index (Phi) is 5.04. The van der Waals surface area contributed by atoms with Crippen LogP contribution in [0.2, 0.25) is 0 Å². The van der Waals surface area contributed by atoms with E-state index in [-0.39, 0.29) is 18.0 Å². The Labute approximate surface area is 185 Å². The number of para-hydroxylation sites is 1. The van der Waals surface area contributed by atoms with Crippen molar-refractivity contribution < 1.29 is 18.8 Å². The molecule has 4 aromatic rings. The smallest absolute Gasteiger partial charge is 0.282 e. The third-order valence-electron chi connectivity index (χ3n) is 4.75. The number of ether oxygens (including phenoxy) is 2. The van der Waals surface area contributed by atoms with Gasteiger partial charge in [0.15, 0.2) is 17.3 Å². The molecular formula is C22H16N4O5S. The lowest BCUT2D eigenvalue weighted by Crippen LogP contribution is -2.12. The van der Waals surface area contributed by atoms with Crippen LogP contribution in [-0.4, -0.2) is 29.2 Å². The minimum atomic E-state index is -0.481. The molecule has 0 saturated heterocycles. The first-order valence-corrected chi connectivity index (χ1v) is 10.5. The molecular weight excluding hydrogens is 432 g/mol. The number of rotatable bonds is 6. The number of nitrogens with zero attached hydrogens (tertiary/aromatic N) is 4. The van der Waals surface area contributed by atoms with Gasteiger partial charge in [-0.15, -0.1) is 17.9 Å². The lowest BCUT2D eigenvalue weighted by Gasteiger charge is -2.02. The average molecular weight is 448 g/mol. The van der Waals surface area contributed by atoms with Crippen molar-refractivity contribution in [2.75, 3.05) is 13.3 Å². The van der Waals surface area contributed by atoms with Crippen LogP contribution in [0.4, 0.5) is 5.69 Å². The van der Waals surface area contributed by atoms with E-state index in [2.05, 4.69) is 16.7 Å². The van der Waals surface area contributed by atoms with Crippen LogP contribution >= 0.6 is 11.3 Å². The molecule has 9 nitrogen and oxygen atoms in total. The Morgan fingerprint density at radius 1 is 1.22 bits per heavy atom. The number of fused-ring (bicyclic) bond motifs is 2. The molecule has 0 saturated carbocycles. The zero-order valence-corrected chi connectivity index (χ0v) is 17.4. The third kappa shape index (κ3) is 3.56. The van der Waals surface area contributed by atoms with Gasteiger partial charge in [0.2, 0.25) is 11.6 Å². The minimum absolute atomic E-state index is 0.0210. The molecule has 0 unspecified atom stereocenters. The summed E-state index contributed by atoms with van der Waals surface area (Å²) in [4.78, 5) is 16.2. The van der Waals surface area contributed by atoms with E-state index in [0.717, 1.165) is 11.0 Å². The lowest BCUT2D eigenvalue weighted by molar-refractivity contribution is -0.385. The summed E-state index contributed by atoms with van der Waals surface area (Å²) >= 11 is 1.38. The van der Waals surface area contributed by atoms with Crippen LogP contribution in [0.1, 0.15) is 5.56 Å². The van der Waals surface area contributed by atoms with Crippen molar-refractivity contribution >= 4 is 34.2 Å². The van der Waals surface area contributed by atoms with Crippen molar-refractivity contribution in [2.45, 2.75) is 0 Å². The Hall–Kier alpha value is -4.18. The van der Waals surface area contributed by atoms with E-state index in [9.17, 15) is 10.1 Å². The molecule has 32 heavy (non-hydrogen) atoms. The molecule has 0 aliphatic carbocycles. The number of hydrogen-bond donors (Lipinski definition) is 0. The summed E-state index contributed by atoms with van der Waals surface area (Å²) in [6, 6.07) is 12.5. The van der Waals surface area contributed by atoms with Crippen LogP contribution in [0.25, 0.3) is 22.4 Å². The van der Waals surface area contributed by atoms with Crippen LogP contribution in [0.3, 0.4) is 0 Å². The maximum atomic E-state index is 11.6. The van der Waals surface area contributed by atoms with Gasteiger partial charge in [-0.1, -0.05) is 24.3 Å². The number of furan rings is 1. The SMILES string of the molecule is C=CCN=c1scc(-c2cc3ccccc3o2)n1N=Cc1cc2c(cc1[N+](=O)[O-])OCO2. The van der Waals surface area contributed by atoms with Gasteiger partial charge < -0.3 is 13.9 Å². The number of thiazole rings is 1. The fraction of sp³-hybridized carbons (Fsp3) is 0.0909. The summed E-state index contributed by atoms with van der Waals surface area (Å²) < 4.78 is 18.2. The molecule has 2 aromatic heterocycles. The van der Waals surface area contributed by atoms with Gasteiger partial charge in [-0.3, -0.25) is 15.1 Å². The zero-order valence-electron chi connectivity index (χ0n) is 16.6. The molecule has 0 atom stereocenters. The van der Waals surface area contributed by atoms with Gasteiger partial charge in [0.05, 0.1) is 29.3 Å². The van der Waals surface area contributed by atoms with Gasteiger partial charge >= 0.3 is 0 Å². The van der Waals surface area contributed by atoms with Crippen molar-refractivity contribution in [3.63, 3.8) is 0 Å². The van der Waals surface area contributed by atoms with Crippen LogP contribution in [0, 0.1) is 10.1 Å². The molecule has 0 radical (unpaired) electrons. The first-order chi connectivity index (χ1) is 15.6. The molecule has 0 fully saturated rings. The number of nitro groups is 1. The monoisotopic (exact) mass is 448 g/mol. The first-order valence-electron chi connectivity index (χ1n) is 9.57. The standard InChI is InChI=1S/C22H16N4O5S/c1-2-7-23-22-25(17(12-32-22)19-8-14-5-3-4-6-18(14)31-19)24-11-15-9-20-21(30-13-29-20)10-16(15)26(27)28/h2-6,8-12H,1,7,13H2. The summed E-state index contributed by atoms with van der Waals surface area (Å²) in [6.45, 7) is 4.12. The second kappa shape index (κ2) is 8.16. The highest BCUT2D eigenvalue weighted by Gasteiger charge is 2.23. The topological polar surface area (TPSA) is 104 Å². The lowest BCUT2D eigenvalue weighted by atomic mass is 10.1. The van der Waals surface area contributed by atoms with E-state index in [1.54, 1.807) is 10.8 Å². The van der Waals surface area contributed by atoms with E-state index >= 15 is 0 Å². The zero-order chi connectivity index (χ0) is 22.1. The fourth-order valence-corrected chi connectivity index (χ4v) is 4.10. The fourth-order valence-electron chi connectivity index (χ4n) is 3.27. The van der Waals surface area contributed by atoms with Crippen molar-refractivity contribution in [2.24, 2.45) is 10.1 Å². The summed E-state index contributed by atoms with van der Waals surface area (Å²) in [6.07, 6.45) is 3.09. The van der Waals surface area contributed by atoms with Crippen LogP contribution < -0.4 is 14.3 Å². The highest BCUT2D eigenvalue weighted by Crippen LogP contribution is 2.37. The summed E-state index contributed by atoms with van der Waals surface area (Å²) in [5, 5.41) is 18.9. The van der Waals surface area contributed by atoms with Gasteiger partial charge in [0.1, 0.15) is 11.3 Å². The molecule has 0 N–H and O–H groups in total. The van der Waals surface area contributed by atoms with E-state index in [1.807, 2.05) is 35.7 Å². The average Bonchev–Trinajstić information content (AvgIpc) is 3.52. The van der Waals surface area contributed by atoms with Crippen LogP contribution in [0.15, 0.2) is 75.0 Å². The van der Waals surface area contributed by atoms with Crippen LogP contribution in [0.5, 0.6) is 11.5 Å². The molecule has 3 heterocycles. The number of hydrogen-bond acceptors (Lipinski definition) is 8. The van der Waals surface area contributed by atoms with Gasteiger partial charge in [-0.25, -0.2) is 4.68 Å². The molecule has 2 aromatic carbocycles. The van der Waals surface area contributed by atoms with Gasteiger partial charge in [0, 0.05) is 10.8 Å². The molecule has 0 spiro atoms. The first kappa shape index (κ1) is 19.8. The van der Waals surface area contributed by atoms with Gasteiger partial charge in [0.25, 0.3) is 5.69 Å². The molecule has 1 aliphatic rings. The predicted octanol–water partition coefficient (Wildman–Crippen LogP) is 4.57. The Morgan fingerprint density at radius 2 is 2.03 bits per heavy atom.